The molecule has 10 rings (SSSR count). The van der Waals surface area contributed by atoms with E-state index in [4.69, 9.17) is 6.35 Å². The second-order valence-electron chi connectivity index (χ2n) is 18.0. The van der Waals surface area contributed by atoms with Gasteiger partial charge in [-0.15, -0.1) is 18.2 Å². The van der Waals surface area contributed by atoms with Crippen molar-refractivity contribution in [1.29, 1.82) is 0 Å². The Hall–Kier alpha value is -4.91. The molecule has 0 atom stereocenters. The molecular weight excluding hydrogens is 1010 g/mol. The van der Waals surface area contributed by atoms with Gasteiger partial charge in [0.15, 0.2) is 0 Å². The minimum atomic E-state index is -2.03. The van der Waals surface area contributed by atoms with Gasteiger partial charge in [0.1, 0.15) is 0 Å². The molecule has 3 heterocycles. The van der Waals surface area contributed by atoms with Gasteiger partial charge in [-0.1, -0.05) is 111 Å². The molecule has 3 nitrogen and oxygen atoms in total. The monoisotopic (exact) mass is 1070 g/mol. The van der Waals surface area contributed by atoms with Crippen LogP contribution >= 0.6 is 11.3 Å². The Kier molecular flexibility index (Phi) is 12.1. The Bertz CT molecular complexity index is 3250. The molecule has 0 aliphatic rings. The number of para-hydroxylation sites is 3. The molecule has 0 fully saturated rings. The van der Waals surface area contributed by atoms with Crippen LogP contribution in [0.3, 0.4) is 0 Å². The Morgan fingerprint density at radius 2 is 1.37 bits per heavy atom. The second-order valence-corrected chi connectivity index (χ2v) is 29.6. The van der Waals surface area contributed by atoms with Crippen molar-refractivity contribution in [2.24, 2.45) is 0 Å². The SMILES string of the molecule is CC(C)c1cccc(C(C)C)c1-n1c(-c2[c-]ccc3c2sc2ccc4c5ccccc5ccc4c23)nc2ccccc21.[2H]C(C)(C)c1cc(-c2[c-]cccc2)nc[c]1[Ge]([CH3])([CH3])[CH3].[Ir]. The molecule has 0 unspecified atom stereocenters. The van der Waals surface area contributed by atoms with Crippen molar-refractivity contribution in [1.82, 2.24) is 14.5 Å². The summed E-state index contributed by atoms with van der Waals surface area (Å²) in [5, 5.41) is 7.76. The van der Waals surface area contributed by atoms with Crippen LogP contribution in [0.15, 0.2) is 140 Å². The first-order valence-corrected chi connectivity index (χ1v) is 29.6. The fraction of sp³-hybridized carbons (Fsp3) is 0.214. The average Bonchev–Trinajstić information content (AvgIpc) is 3.85. The first-order chi connectivity index (χ1) is 29.7. The third-order valence-electron chi connectivity index (χ3n) is 11.9. The van der Waals surface area contributed by atoms with Crippen LogP contribution in [0.2, 0.25) is 17.3 Å². The van der Waals surface area contributed by atoms with Crippen LogP contribution in [0.25, 0.3) is 81.1 Å². The van der Waals surface area contributed by atoms with Crippen LogP contribution in [-0.2, 0) is 20.1 Å². The summed E-state index contributed by atoms with van der Waals surface area (Å²) in [5.74, 6) is 8.15. The van der Waals surface area contributed by atoms with Crippen LogP contribution in [0.4, 0.5) is 0 Å². The molecule has 0 N–H and O–H groups in total. The smallest absolute Gasteiger partial charge is 0 e. The van der Waals surface area contributed by atoms with Crippen LogP contribution in [0.5, 0.6) is 0 Å². The molecule has 0 saturated heterocycles. The van der Waals surface area contributed by atoms with Crippen LogP contribution in [0.1, 0.15) is 77.3 Å². The van der Waals surface area contributed by atoms with Crippen molar-refractivity contribution in [3.05, 3.63) is 168 Å². The Morgan fingerprint density at radius 1 is 0.661 bits per heavy atom. The number of imidazole rings is 1. The fourth-order valence-corrected chi connectivity index (χ4v) is 13.4. The summed E-state index contributed by atoms with van der Waals surface area (Å²) in [5.41, 5.74) is 10.2. The molecule has 0 spiro atoms. The Labute approximate surface area is 388 Å². The minimum Gasteiger partial charge on any atom is 0 e. The summed E-state index contributed by atoms with van der Waals surface area (Å²) in [7, 11) is 0. The zero-order valence-electron chi connectivity index (χ0n) is 38.0. The third kappa shape index (κ3) is 7.98. The topological polar surface area (TPSA) is 30.7 Å². The quantitative estimate of drug-likeness (QED) is 0.0905. The van der Waals surface area contributed by atoms with E-state index in [9.17, 15) is 0 Å². The molecule has 7 aromatic carbocycles. The van der Waals surface area contributed by atoms with Gasteiger partial charge >= 0.3 is 120 Å². The number of thiophene rings is 1. The number of fused-ring (bicyclic) bond motifs is 8. The third-order valence-corrected chi connectivity index (χ3v) is 17.3. The van der Waals surface area contributed by atoms with Crippen molar-refractivity contribution in [3.8, 4) is 28.3 Å². The average molecular weight is 1070 g/mol. The number of hydrogen-bond donors (Lipinski definition) is 0. The predicted octanol–water partition coefficient (Wildman–Crippen LogP) is 15.6. The maximum Gasteiger partial charge on any atom is 0 e. The molecule has 0 amide bonds. The normalized spacial score (nSPS) is 12.3. The fourth-order valence-electron chi connectivity index (χ4n) is 8.85. The first-order valence-electron chi connectivity index (χ1n) is 22.0. The summed E-state index contributed by atoms with van der Waals surface area (Å²) >= 11 is -0.172. The van der Waals surface area contributed by atoms with E-state index in [0.717, 1.165) is 39.2 Å². The number of nitrogens with zero attached hydrogens (tertiary/aromatic N) is 3. The van der Waals surface area contributed by atoms with Crippen LogP contribution in [0, 0.1) is 12.1 Å². The van der Waals surface area contributed by atoms with E-state index >= 15 is 0 Å². The molecule has 3 aromatic heterocycles. The van der Waals surface area contributed by atoms with E-state index < -0.39 is 19.2 Å². The van der Waals surface area contributed by atoms with E-state index in [1.807, 2.05) is 55.6 Å². The van der Waals surface area contributed by atoms with Gasteiger partial charge in [-0.3, -0.25) is 4.98 Å². The molecule has 0 aliphatic heterocycles. The number of rotatable bonds is 7. The molecule has 1 radical (unpaired) electrons. The van der Waals surface area contributed by atoms with E-state index in [2.05, 4.69) is 176 Å². The first kappa shape index (κ1) is 42.4. The second kappa shape index (κ2) is 17.7. The number of benzene rings is 7. The number of hydrogen-bond acceptors (Lipinski definition) is 3. The van der Waals surface area contributed by atoms with Gasteiger partial charge in [0.25, 0.3) is 0 Å². The molecule has 6 heteroatoms. The number of aromatic nitrogens is 3. The van der Waals surface area contributed by atoms with Gasteiger partial charge in [0.05, 0.1) is 16.9 Å². The van der Waals surface area contributed by atoms with Gasteiger partial charge in [-0.25, -0.2) is 0 Å². The molecule has 0 bridgehead atoms. The Morgan fingerprint density at radius 3 is 2.08 bits per heavy atom. The maximum absolute atomic E-state index is 8.44. The van der Waals surface area contributed by atoms with Gasteiger partial charge < -0.3 is 4.57 Å². The van der Waals surface area contributed by atoms with E-state index in [-0.39, 0.29) is 20.1 Å². The van der Waals surface area contributed by atoms with Crippen molar-refractivity contribution in [3.63, 3.8) is 0 Å². The summed E-state index contributed by atoms with van der Waals surface area (Å²) in [6, 6.07) is 54.3. The molecule has 313 valence electrons. The standard InChI is InChI=1S/C39H31N2S.C17H22GeN.Ir/c1-23(2)26-13-9-14-27(24(3)4)37(26)41-34-18-8-7-17-33(34)40-39(41)32-16-10-15-31-36-30-20-19-25-11-5-6-12-28(25)29(30)21-22-35(36)42-38(31)32;1-13(2)15-11-17(14-9-7-6-8-10-14)19-12-16(15)18(3,4)5;/h5-15,17-24H,1-4H3;6-9,11-13H,1-5H3;/q2*-1;/i;13D;. The summed E-state index contributed by atoms with van der Waals surface area (Å²) in [6.45, 7) is 13.1. The summed E-state index contributed by atoms with van der Waals surface area (Å²) in [6.07, 6.45) is 2.00. The van der Waals surface area contributed by atoms with Crippen LogP contribution < -0.4 is 4.40 Å². The molecule has 0 saturated carbocycles. The maximum atomic E-state index is 8.44. The van der Waals surface area contributed by atoms with Crippen molar-refractivity contribution < 1.29 is 21.5 Å². The summed E-state index contributed by atoms with van der Waals surface area (Å²) in [4.78, 5) is 9.94. The van der Waals surface area contributed by atoms with Gasteiger partial charge in [-0.05, 0) is 72.8 Å². The van der Waals surface area contributed by atoms with Crippen molar-refractivity contribution in [2.75, 3.05) is 0 Å². The van der Waals surface area contributed by atoms with E-state index in [1.54, 1.807) is 0 Å². The van der Waals surface area contributed by atoms with Crippen molar-refractivity contribution >= 4 is 81.7 Å². The number of pyridine rings is 1. The molecule has 62 heavy (non-hydrogen) atoms. The molecular formula is C56H53GeIrN3S-2. The molecule has 10 aromatic rings. The Balaban J connectivity index is 0.000000219. The van der Waals surface area contributed by atoms with E-state index in [0.29, 0.717) is 11.8 Å². The van der Waals surface area contributed by atoms with Gasteiger partial charge in [0, 0.05) is 30.5 Å². The van der Waals surface area contributed by atoms with E-state index in [1.165, 1.54) is 62.9 Å². The van der Waals surface area contributed by atoms with Gasteiger partial charge in [-0.2, -0.15) is 11.3 Å². The molecule has 0 aliphatic carbocycles. The minimum absolute atomic E-state index is 0. The zero-order chi connectivity index (χ0) is 43.5. The predicted molar refractivity (Wildman–Crippen MR) is 267 cm³/mol. The van der Waals surface area contributed by atoms with Crippen molar-refractivity contribution in [2.45, 2.75) is 76.5 Å². The largest absolute Gasteiger partial charge is 0 e. The van der Waals surface area contributed by atoms with Crippen LogP contribution in [-0.4, -0.2) is 27.8 Å². The van der Waals surface area contributed by atoms with Gasteiger partial charge in [0.2, 0.25) is 0 Å². The summed E-state index contributed by atoms with van der Waals surface area (Å²) < 4.78 is 14.7. The zero-order valence-corrected chi connectivity index (χ0v) is 42.3.